The van der Waals surface area contributed by atoms with Gasteiger partial charge in [0.2, 0.25) is 5.91 Å². The molecule has 4 heteroatoms. The van der Waals surface area contributed by atoms with E-state index >= 15 is 0 Å². The maximum Gasteiger partial charge on any atom is 0.245 e. The number of amides is 1. The summed E-state index contributed by atoms with van der Waals surface area (Å²) in [5.41, 5.74) is 0.688. The molecule has 0 saturated heterocycles. The number of ketones is 1. The number of Topliss-reactive ketones (excluding diaryl/α,β-unsaturated/α-hetero) is 1. The number of alkyl halides is 1. The van der Waals surface area contributed by atoms with Crippen LogP contribution in [0.5, 0.6) is 0 Å². The summed E-state index contributed by atoms with van der Waals surface area (Å²) < 4.78 is 0. The Morgan fingerprint density at radius 2 is 1.75 bits per heavy atom. The molecule has 0 heterocycles. The molecule has 0 aromatic heterocycles. The van der Waals surface area contributed by atoms with Crippen molar-refractivity contribution in [3.63, 3.8) is 0 Å². The fourth-order valence-corrected chi connectivity index (χ4v) is 1.79. The number of anilines is 1. The van der Waals surface area contributed by atoms with Gasteiger partial charge in [-0.05, 0) is 12.1 Å². The highest BCUT2D eigenvalue weighted by molar-refractivity contribution is 9.10. The quantitative estimate of drug-likeness (QED) is 0.682. The molecule has 0 aliphatic rings. The first-order valence-electron chi connectivity index (χ1n) is 5.06. The molecule has 0 saturated carbocycles. The Hall–Kier alpha value is -1.16. The standard InChI is InChI=1S/C12H14BrNO2/c1-8(2)11(15)10(13)12(16)14-9-6-4-3-5-7-9/h3-8,10H,1-2H3,(H,14,16). The normalized spacial score (nSPS) is 12.2. The summed E-state index contributed by atoms with van der Waals surface area (Å²) in [5, 5.41) is 2.67. The average Bonchev–Trinajstić information content (AvgIpc) is 2.28. The van der Waals surface area contributed by atoms with Crippen LogP contribution in [0.3, 0.4) is 0 Å². The minimum Gasteiger partial charge on any atom is -0.325 e. The van der Waals surface area contributed by atoms with Crippen molar-refractivity contribution < 1.29 is 9.59 Å². The first-order valence-corrected chi connectivity index (χ1v) is 5.97. The van der Waals surface area contributed by atoms with Crippen molar-refractivity contribution in [2.75, 3.05) is 5.32 Å². The predicted molar refractivity (Wildman–Crippen MR) is 67.6 cm³/mol. The SMILES string of the molecule is CC(C)C(=O)C(Br)C(=O)Nc1ccccc1. The summed E-state index contributed by atoms with van der Waals surface area (Å²) >= 11 is 3.11. The smallest absolute Gasteiger partial charge is 0.245 e. The molecule has 1 aromatic carbocycles. The monoisotopic (exact) mass is 283 g/mol. The molecule has 86 valence electrons. The van der Waals surface area contributed by atoms with Crippen LogP contribution >= 0.6 is 15.9 Å². The Morgan fingerprint density at radius 1 is 1.19 bits per heavy atom. The van der Waals surface area contributed by atoms with Crippen molar-refractivity contribution >= 4 is 33.3 Å². The Balaban J connectivity index is 2.63. The highest BCUT2D eigenvalue weighted by atomic mass is 79.9. The number of rotatable bonds is 4. The van der Waals surface area contributed by atoms with Gasteiger partial charge in [0.05, 0.1) is 0 Å². The number of carbonyl (C=O) groups is 2. The van der Waals surface area contributed by atoms with Gasteiger partial charge in [-0.15, -0.1) is 0 Å². The van der Waals surface area contributed by atoms with Gasteiger partial charge in [-0.25, -0.2) is 0 Å². The van der Waals surface area contributed by atoms with Gasteiger partial charge in [0.1, 0.15) is 0 Å². The molecule has 0 aliphatic carbocycles. The fraction of sp³-hybridized carbons (Fsp3) is 0.333. The van der Waals surface area contributed by atoms with E-state index in [0.29, 0.717) is 5.69 Å². The lowest BCUT2D eigenvalue weighted by Gasteiger charge is -2.11. The minimum absolute atomic E-state index is 0.117. The second-order valence-corrected chi connectivity index (χ2v) is 4.69. The minimum atomic E-state index is -0.785. The van der Waals surface area contributed by atoms with Gasteiger partial charge in [0.25, 0.3) is 0 Å². The third kappa shape index (κ3) is 3.45. The second kappa shape index (κ2) is 5.80. The molecule has 0 bridgehead atoms. The van der Waals surface area contributed by atoms with E-state index in [9.17, 15) is 9.59 Å². The van der Waals surface area contributed by atoms with Crippen LogP contribution in [-0.2, 0) is 9.59 Å². The topological polar surface area (TPSA) is 46.2 Å². The molecule has 1 aromatic rings. The molecule has 0 spiro atoms. The van der Waals surface area contributed by atoms with Crippen LogP contribution in [0.1, 0.15) is 13.8 Å². The molecular weight excluding hydrogens is 270 g/mol. The van der Waals surface area contributed by atoms with Crippen LogP contribution in [0.15, 0.2) is 30.3 Å². The maximum atomic E-state index is 11.7. The lowest BCUT2D eigenvalue weighted by Crippen LogP contribution is -2.32. The van der Waals surface area contributed by atoms with Crippen LogP contribution in [0, 0.1) is 5.92 Å². The first kappa shape index (κ1) is 12.9. The van der Waals surface area contributed by atoms with Crippen molar-refractivity contribution in [2.24, 2.45) is 5.92 Å². The van der Waals surface area contributed by atoms with Crippen molar-refractivity contribution in [1.29, 1.82) is 0 Å². The number of hydrogen-bond acceptors (Lipinski definition) is 2. The van der Waals surface area contributed by atoms with Crippen LogP contribution in [-0.4, -0.2) is 16.5 Å². The number of nitrogens with one attached hydrogen (secondary N) is 1. The molecule has 3 nitrogen and oxygen atoms in total. The molecule has 1 atom stereocenters. The van der Waals surface area contributed by atoms with Crippen LogP contribution in [0.2, 0.25) is 0 Å². The summed E-state index contributed by atoms with van der Waals surface area (Å²) in [7, 11) is 0. The largest absolute Gasteiger partial charge is 0.325 e. The van der Waals surface area contributed by atoms with E-state index in [-0.39, 0.29) is 17.6 Å². The van der Waals surface area contributed by atoms with Crippen LogP contribution < -0.4 is 5.32 Å². The first-order chi connectivity index (χ1) is 7.52. The molecule has 0 radical (unpaired) electrons. The van der Waals surface area contributed by atoms with E-state index in [1.807, 2.05) is 18.2 Å². The van der Waals surface area contributed by atoms with Gasteiger partial charge < -0.3 is 5.32 Å². The number of benzene rings is 1. The van der Waals surface area contributed by atoms with Crippen LogP contribution in [0.4, 0.5) is 5.69 Å². The number of hydrogen-bond donors (Lipinski definition) is 1. The summed E-state index contributed by atoms with van der Waals surface area (Å²) in [6.45, 7) is 3.54. The van der Waals surface area contributed by atoms with Gasteiger partial charge >= 0.3 is 0 Å². The van der Waals surface area contributed by atoms with Gasteiger partial charge in [-0.2, -0.15) is 0 Å². The van der Waals surface area contributed by atoms with Crippen molar-refractivity contribution in [3.8, 4) is 0 Å². The molecule has 0 fully saturated rings. The molecule has 1 rings (SSSR count). The van der Waals surface area contributed by atoms with Crippen molar-refractivity contribution in [1.82, 2.24) is 0 Å². The number of halogens is 1. The Bertz CT molecular complexity index is 376. The van der Waals surface area contributed by atoms with Crippen molar-refractivity contribution in [3.05, 3.63) is 30.3 Å². The predicted octanol–water partition coefficient (Wildman–Crippen LogP) is 2.61. The van der Waals surface area contributed by atoms with E-state index in [2.05, 4.69) is 21.2 Å². The van der Waals surface area contributed by atoms with Crippen LogP contribution in [0.25, 0.3) is 0 Å². The highest BCUT2D eigenvalue weighted by Gasteiger charge is 2.25. The van der Waals surface area contributed by atoms with E-state index in [1.165, 1.54) is 0 Å². The Morgan fingerprint density at radius 3 is 2.25 bits per heavy atom. The molecular formula is C12H14BrNO2. The lowest BCUT2D eigenvalue weighted by molar-refractivity contribution is -0.126. The van der Waals surface area contributed by atoms with Gasteiger partial charge in [-0.3, -0.25) is 9.59 Å². The van der Waals surface area contributed by atoms with Crippen molar-refractivity contribution in [2.45, 2.75) is 18.7 Å². The maximum absolute atomic E-state index is 11.7. The summed E-state index contributed by atoms with van der Waals surface area (Å²) in [6, 6.07) is 9.06. The summed E-state index contributed by atoms with van der Waals surface area (Å²) in [6.07, 6.45) is 0. The third-order valence-electron chi connectivity index (χ3n) is 2.09. The van der Waals surface area contributed by atoms with Gasteiger partial charge in [-0.1, -0.05) is 48.0 Å². The molecule has 1 unspecified atom stereocenters. The fourth-order valence-electron chi connectivity index (χ4n) is 1.15. The van der Waals surface area contributed by atoms with E-state index in [0.717, 1.165) is 0 Å². The number of carbonyl (C=O) groups excluding carboxylic acids is 2. The average molecular weight is 284 g/mol. The zero-order valence-electron chi connectivity index (χ0n) is 9.24. The Labute approximate surface area is 103 Å². The third-order valence-corrected chi connectivity index (χ3v) is 2.96. The lowest BCUT2D eigenvalue weighted by atomic mass is 10.1. The van der Waals surface area contributed by atoms with Gasteiger partial charge in [0, 0.05) is 11.6 Å². The molecule has 0 aliphatic heterocycles. The molecule has 1 N–H and O–H groups in total. The number of para-hydroxylation sites is 1. The summed E-state index contributed by atoms with van der Waals surface area (Å²) in [5.74, 6) is -0.607. The Kier molecular flexibility index (Phi) is 4.68. The van der Waals surface area contributed by atoms with Gasteiger partial charge in [0.15, 0.2) is 10.6 Å². The van der Waals surface area contributed by atoms with E-state index in [4.69, 9.17) is 0 Å². The summed E-state index contributed by atoms with van der Waals surface area (Å²) in [4.78, 5) is 22.5. The highest BCUT2D eigenvalue weighted by Crippen LogP contribution is 2.12. The van der Waals surface area contributed by atoms with E-state index in [1.54, 1.807) is 26.0 Å². The van der Waals surface area contributed by atoms with E-state index < -0.39 is 4.83 Å². The molecule has 16 heavy (non-hydrogen) atoms. The second-order valence-electron chi connectivity index (χ2n) is 3.77. The molecule has 1 amide bonds. The zero-order chi connectivity index (χ0) is 12.1. The zero-order valence-corrected chi connectivity index (χ0v) is 10.8.